The van der Waals surface area contributed by atoms with Crippen LogP contribution in [0.3, 0.4) is 0 Å². The van der Waals surface area contributed by atoms with E-state index in [9.17, 15) is 0 Å². The van der Waals surface area contributed by atoms with Crippen molar-refractivity contribution in [2.45, 2.75) is 39.5 Å². The minimum Gasteiger partial charge on any atom is -0.352 e. The van der Waals surface area contributed by atoms with Crippen LogP contribution in [0.25, 0.3) is 0 Å². The first-order valence-corrected chi connectivity index (χ1v) is 3.13. The van der Waals surface area contributed by atoms with Crippen LogP contribution in [0.4, 0.5) is 0 Å². The summed E-state index contributed by atoms with van der Waals surface area (Å²) in [6, 6.07) is 0. The predicted octanol–water partition coefficient (Wildman–Crippen LogP) is 1.85. The summed E-state index contributed by atoms with van der Waals surface area (Å²) >= 11 is 0. The van der Waals surface area contributed by atoms with Crippen molar-refractivity contribution in [3.05, 3.63) is 0 Å². The van der Waals surface area contributed by atoms with E-state index in [0.29, 0.717) is 0 Å². The van der Waals surface area contributed by atoms with Gasteiger partial charge in [-0.15, -0.1) is 0 Å². The van der Waals surface area contributed by atoms with E-state index in [1.807, 2.05) is 27.7 Å². The zero-order valence-corrected chi connectivity index (χ0v) is 6.64. The molecule has 0 heterocycles. The number of aliphatic imine (C=N–C) groups is 1. The van der Waals surface area contributed by atoms with Crippen molar-refractivity contribution in [3.8, 4) is 0 Å². The molecule has 0 fully saturated rings. The zero-order chi connectivity index (χ0) is 7.49. The van der Waals surface area contributed by atoms with Gasteiger partial charge >= 0.3 is 0 Å². The first-order chi connectivity index (χ1) is 3.98. The van der Waals surface area contributed by atoms with Crippen molar-refractivity contribution in [2.75, 3.05) is 0 Å². The van der Waals surface area contributed by atoms with E-state index in [2.05, 4.69) is 11.7 Å². The maximum absolute atomic E-state index is 5.36. The SMILES string of the molecule is C=NC(C)(C)OC(C)C. The summed E-state index contributed by atoms with van der Waals surface area (Å²) < 4.78 is 5.36. The lowest BCUT2D eigenvalue weighted by Gasteiger charge is -2.22. The van der Waals surface area contributed by atoms with Crippen molar-refractivity contribution >= 4 is 6.72 Å². The summed E-state index contributed by atoms with van der Waals surface area (Å²) in [4.78, 5) is 3.79. The highest BCUT2D eigenvalue weighted by Gasteiger charge is 2.15. The molecular formula is C7H15NO. The minimum absolute atomic E-state index is 0.213. The first kappa shape index (κ1) is 8.63. The van der Waals surface area contributed by atoms with Crippen molar-refractivity contribution < 1.29 is 4.74 Å². The molecule has 0 amide bonds. The third-order valence-corrected chi connectivity index (χ3v) is 0.905. The molecule has 0 saturated carbocycles. The molecule has 0 aliphatic carbocycles. The first-order valence-electron chi connectivity index (χ1n) is 3.13. The standard InChI is InChI=1S/C7H15NO/c1-6(2)9-7(3,4)8-5/h6H,5H2,1-4H3. The van der Waals surface area contributed by atoms with E-state index in [4.69, 9.17) is 4.74 Å². The van der Waals surface area contributed by atoms with Gasteiger partial charge in [0.25, 0.3) is 0 Å². The van der Waals surface area contributed by atoms with Crippen LogP contribution >= 0.6 is 0 Å². The minimum atomic E-state index is -0.422. The van der Waals surface area contributed by atoms with Gasteiger partial charge in [-0.3, -0.25) is 4.99 Å². The third kappa shape index (κ3) is 4.15. The Morgan fingerprint density at radius 1 is 1.44 bits per heavy atom. The maximum atomic E-state index is 5.36. The van der Waals surface area contributed by atoms with Gasteiger partial charge in [-0.1, -0.05) is 0 Å². The molecule has 0 atom stereocenters. The number of hydrogen-bond donors (Lipinski definition) is 0. The molecule has 0 bridgehead atoms. The molecule has 0 unspecified atom stereocenters. The average Bonchev–Trinajstić information content (AvgIpc) is 1.63. The van der Waals surface area contributed by atoms with Crippen LogP contribution in [-0.2, 0) is 4.74 Å². The molecule has 0 rings (SSSR count). The summed E-state index contributed by atoms with van der Waals surface area (Å²) in [5.74, 6) is 0. The smallest absolute Gasteiger partial charge is 0.153 e. The van der Waals surface area contributed by atoms with Crippen molar-refractivity contribution in [1.82, 2.24) is 0 Å². The van der Waals surface area contributed by atoms with Crippen LogP contribution < -0.4 is 0 Å². The molecule has 0 aliphatic heterocycles. The van der Waals surface area contributed by atoms with Crippen LogP contribution in [0.5, 0.6) is 0 Å². The Morgan fingerprint density at radius 2 is 1.89 bits per heavy atom. The summed E-state index contributed by atoms with van der Waals surface area (Å²) in [7, 11) is 0. The monoisotopic (exact) mass is 129 g/mol. The van der Waals surface area contributed by atoms with Crippen molar-refractivity contribution in [2.24, 2.45) is 4.99 Å². The Hall–Kier alpha value is -0.370. The van der Waals surface area contributed by atoms with Gasteiger partial charge in [0.1, 0.15) is 0 Å². The molecule has 2 heteroatoms. The van der Waals surface area contributed by atoms with Crippen LogP contribution in [0.15, 0.2) is 4.99 Å². The Morgan fingerprint density at radius 3 is 2.00 bits per heavy atom. The van der Waals surface area contributed by atoms with Gasteiger partial charge in [0, 0.05) is 0 Å². The number of nitrogens with zero attached hydrogens (tertiary/aromatic N) is 1. The predicted molar refractivity (Wildman–Crippen MR) is 39.8 cm³/mol. The summed E-state index contributed by atoms with van der Waals surface area (Å²) in [5, 5.41) is 0. The molecule has 0 radical (unpaired) electrons. The molecule has 0 N–H and O–H groups in total. The van der Waals surface area contributed by atoms with Gasteiger partial charge in [0.2, 0.25) is 0 Å². The molecule has 0 aliphatic rings. The number of ether oxygens (including phenoxy) is 1. The average molecular weight is 129 g/mol. The van der Waals surface area contributed by atoms with Crippen molar-refractivity contribution in [1.29, 1.82) is 0 Å². The summed E-state index contributed by atoms with van der Waals surface area (Å²) in [6.07, 6.45) is 0.213. The van der Waals surface area contributed by atoms with Crippen molar-refractivity contribution in [3.63, 3.8) is 0 Å². The highest BCUT2D eigenvalue weighted by molar-refractivity contribution is 5.24. The highest BCUT2D eigenvalue weighted by Crippen LogP contribution is 2.11. The topological polar surface area (TPSA) is 21.6 Å². The molecule has 54 valence electrons. The van der Waals surface area contributed by atoms with Crippen LogP contribution in [-0.4, -0.2) is 18.5 Å². The van der Waals surface area contributed by atoms with Crippen LogP contribution in [0, 0.1) is 0 Å². The molecule has 0 spiro atoms. The fourth-order valence-electron chi connectivity index (χ4n) is 0.614. The molecule has 0 saturated heterocycles. The lowest BCUT2D eigenvalue weighted by atomic mass is 10.3. The van der Waals surface area contributed by atoms with E-state index in [-0.39, 0.29) is 6.10 Å². The highest BCUT2D eigenvalue weighted by atomic mass is 16.5. The molecule has 0 aromatic rings. The van der Waals surface area contributed by atoms with E-state index >= 15 is 0 Å². The lowest BCUT2D eigenvalue weighted by Crippen LogP contribution is -2.24. The third-order valence-electron chi connectivity index (χ3n) is 0.905. The largest absolute Gasteiger partial charge is 0.352 e. The van der Waals surface area contributed by atoms with E-state index in [1.54, 1.807) is 0 Å². The fourth-order valence-corrected chi connectivity index (χ4v) is 0.614. The fraction of sp³-hybridized carbons (Fsp3) is 0.857. The molecule has 2 nitrogen and oxygen atoms in total. The Kier molecular flexibility index (Phi) is 2.85. The molecular weight excluding hydrogens is 114 g/mol. The van der Waals surface area contributed by atoms with Gasteiger partial charge in [0.05, 0.1) is 6.10 Å². The van der Waals surface area contributed by atoms with Gasteiger partial charge < -0.3 is 4.74 Å². The van der Waals surface area contributed by atoms with E-state index < -0.39 is 5.72 Å². The summed E-state index contributed by atoms with van der Waals surface area (Å²) in [6.45, 7) is 11.1. The second-order valence-electron chi connectivity index (χ2n) is 2.77. The molecule has 9 heavy (non-hydrogen) atoms. The molecule has 0 aromatic carbocycles. The van der Waals surface area contributed by atoms with Gasteiger partial charge in [-0.05, 0) is 34.4 Å². The quantitative estimate of drug-likeness (QED) is 0.533. The lowest BCUT2D eigenvalue weighted by molar-refractivity contribution is -0.0484. The van der Waals surface area contributed by atoms with Crippen LogP contribution in [0.1, 0.15) is 27.7 Å². The maximum Gasteiger partial charge on any atom is 0.153 e. The second-order valence-corrected chi connectivity index (χ2v) is 2.77. The Balaban J connectivity index is 3.71. The normalized spacial score (nSPS) is 12.1. The van der Waals surface area contributed by atoms with Gasteiger partial charge in [0.15, 0.2) is 5.72 Å². The second kappa shape index (κ2) is 2.97. The number of rotatable bonds is 3. The number of hydrogen-bond acceptors (Lipinski definition) is 2. The van der Waals surface area contributed by atoms with Gasteiger partial charge in [-0.2, -0.15) is 0 Å². The van der Waals surface area contributed by atoms with E-state index in [1.165, 1.54) is 0 Å². The van der Waals surface area contributed by atoms with Gasteiger partial charge in [-0.25, -0.2) is 0 Å². The summed E-state index contributed by atoms with van der Waals surface area (Å²) in [5.41, 5.74) is -0.422. The van der Waals surface area contributed by atoms with Crippen LogP contribution in [0.2, 0.25) is 0 Å². The van der Waals surface area contributed by atoms with E-state index in [0.717, 1.165) is 0 Å². The Labute approximate surface area is 56.9 Å². The zero-order valence-electron chi connectivity index (χ0n) is 6.64. The molecule has 0 aromatic heterocycles. The Bertz CT molecular complexity index is 97.1.